The summed E-state index contributed by atoms with van der Waals surface area (Å²) < 4.78 is 1.57. The highest BCUT2D eigenvalue weighted by atomic mass is 35.5. The standard InChI is InChI=1S/C9H11ClN2O/c1-12-5-7(9(10)11-12)8(13)4-6-2-3-6/h5-6H,2-4H2,1H3. The van der Waals surface area contributed by atoms with Crippen molar-refractivity contribution in [3.8, 4) is 0 Å². The number of carbonyl (C=O) groups excluding carboxylic acids is 1. The van der Waals surface area contributed by atoms with E-state index < -0.39 is 0 Å². The Morgan fingerprint density at radius 1 is 1.77 bits per heavy atom. The van der Waals surface area contributed by atoms with E-state index in [9.17, 15) is 4.79 Å². The molecular weight excluding hydrogens is 188 g/mol. The maximum absolute atomic E-state index is 11.6. The molecule has 1 aromatic heterocycles. The lowest BCUT2D eigenvalue weighted by atomic mass is 10.1. The number of rotatable bonds is 3. The molecule has 0 N–H and O–H groups in total. The first kappa shape index (κ1) is 8.75. The molecule has 4 heteroatoms. The van der Waals surface area contributed by atoms with Gasteiger partial charge in [-0.25, -0.2) is 0 Å². The fourth-order valence-corrected chi connectivity index (χ4v) is 1.62. The van der Waals surface area contributed by atoms with E-state index >= 15 is 0 Å². The van der Waals surface area contributed by atoms with E-state index in [2.05, 4.69) is 5.10 Å². The third-order valence-electron chi connectivity index (χ3n) is 2.26. The van der Waals surface area contributed by atoms with Gasteiger partial charge in [-0.15, -0.1) is 0 Å². The summed E-state index contributed by atoms with van der Waals surface area (Å²) in [5, 5.41) is 4.25. The van der Waals surface area contributed by atoms with Gasteiger partial charge in [-0.05, 0) is 18.8 Å². The Labute approximate surface area is 81.7 Å². The molecule has 1 aliphatic rings. The number of Topliss-reactive ketones (excluding diaryl/α,β-unsaturated/α-hetero) is 1. The van der Waals surface area contributed by atoms with Gasteiger partial charge in [-0.3, -0.25) is 9.48 Å². The molecule has 0 bridgehead atoms. The smallest absolute Gasteiger partial charge is 0.167 e. The van der Waals surface area contributed by atoms with Gasteiger partial charge in [0.25, 0.3) is 0 Å². The van der Waals surface area contributed by atoms with Crippen LogP contribution in [0.15, 0.2) is 6.20 Å². The summed E-state index contributed by atoms with van der Waals surface area (Å²) in [7, 11) is 1.76. The zero-order chi connectivity index (χ0) is 9.42. The molecule has 0 unspecified atom stereocenters. The molecule has 0 spiro atoms. The van der Waals surface area contributed by atoms with Gasteiger partial charge in [-0.1, -0.05) is 11.6 Å². The van der Waals surface area contributed by atoms with Crippen molar-refractivity contribution in [3.05, 3.63) is 16.9 Å². The van der Waals surface area contributed by atoms with Crippen LogP contribution in [0.1, 0.15) is 29.6 Å². The van der Waals surface area contributed by atoms with Crippen molar-refractivity contribution >= 4 is 17.4 Å². The van der Waals surface area contributed by atoms with Crippen molar-refractivity contribution < 1.29 is 4.79 Å². The minimum Gasteiger partial charge on any atom is -0.294 e. The number of aryl methyl sites for hydroxylation is 1. The molecule has 1 aliphatic carbocycles. The van der Waals surface area contributed by atoms with E-state index in [0.29, 0.717) is 23.1 Å². The lowest BCUT2D eigenvalue weighted by molar-refractivity contribution is 0.0976. The molecule has 1 heterocycles. The summed E-state index contributed by atoms with van der Waals surface area (Å²) >= 11 is 5.79. The first-order chi connectivity index (χ1) is 6.16. The maximum Gasteiger partial charge on any atom is 0.167 e. The molecule has 1 saturated carbocycles. The molecule has 0 radical (unpaired) electrons. The molecule has 13 heavy (non-hydrogen) atoms. The number of carbonyl (C=O) groups is 1. The normalized spacial score (nSPS) is 16.2. The fraction of sp³-hybridized carbons (Fsp3) is 0.556. The number of hydrogen-bond acceptors (Lipinski definition) is 2. The Bertz CT molecular complexity index is 341. The van der Waals surface area contributed by atoms with Crippen LogP contribution in [-0.2, 0) is 7.05 Å². The first-order valence-electron chi connectivity index (χ1n) is 4.39. The lowest BCUT2D eigenvalue weighted by Crippen LogP contribution is -1.99. The SMILES string of the molecule is Cn1cc(C(=O)CC2CC2)c(Cl)n1. The maximum atomic E-state index is 11.6. The van der Waals surface area contributed by atoms with Gasteiger partial charge >= 0.3 is 0 Å². The van der Waals surface area contributed by atoms with Crippen LogP contribution in [-0.4, -0.2) is 15.6 Å². The fourth-order valence-electron chi connectivity index (χ4n) is 1.34. The second kappa shape index (κ2) is 3.14. The third kappa shape index (κ3) is 1.91. The zero-order valence-electron chi connectivity index (χ0n) is 7.46. The number of nitrogens with zero attached hydrogens (tertiary/aromatic N) is 2. The molecule has 3 nitrogen and oxygen atoms in total. The molecule has 1 aromatic rings. The number of aromatic nitrogens is 2. The van der Waals surface area contributed by atoms with Crippen molar-refractivity contribution in [2.24, 2.45) is 13.0 Å². The zero-order valence-corrected chi connectivity index (χ0v) is 8.21. The molecule has 1 fully saturated rings. The molecule has 0 amide bonds. The summed E-state index contributed by atoms with van der Waals surface area (Å²) in [6, 6.07) is 0. The van der Waals surface area contributed by atoms with Crippen LogP contribution >= 0.6 is 11.6 Å². The van der Waals surface area contributed by atoms with Crippen molar-refractivity contribution in [3.63, 3.8) is 0 Å². The monoisotopic (exact) mass is 198 g/mol. The van der Waals surface area contributed by atoms with E-state index in [4.69, 9.17) is 11.6 Å². The van der Waals surface area contributed by atoms with Crippen molar-refractivity contribution in [1.82, 2.24) is 9.78 Å². The second-order valence-electron chi connectivity index (χ2n) is 3.58. The van der Waals surface area contributed by atoms with E-state index in [1.165, 1.54) is 12.8 Å². The van der Waals surface area contributed by atoms with E-state index in [0.717, 1.165) is 0 Å². The molecule has 0 saturated heterocycles. The highest BCUT2D eigenvalue weighted by Crippen LogP contribution is 2.34. The second-order valence-corrected chi connectivity index (χ2v) is 3.94. The van der Waals surface area contributed by atoms with E-state index in [1.807, 2.05) is 0 Å². The average molecular weight is 199 g/mol. The highest BCUT2D eigenvalue weighted by Gasteiger charge is 2.26. The Balaban J connectivity index is 2.13. The van der Waals surface area contributed by atoms with Crippen LogP contribution in [0.2, 0.25) is 5.15 Å². The van der Waals surface area contributed by atoms with Gasteiger partial charge in [0.15, 0.2) is 10.9 Å². The van der Waals surface area contributed by atoms with Crippen molar-refractivity contribution in [1.29, 1.82) is 0 Å². The Morgan fingerprint density at radius 3 is 2.92 bits per heavy atom. The van der Waals surface area contributed by atoms with Gasteiger partial charge in [0.05, 0.1) is 5.56 Å². The van der Waals surface area contributed by atoms with Gasteiger partial charge in [0, 0.05) is 19.7 Å². The van der Waals surface area contributed by atoms with Crippen LogP contribution in [0.5, 0.6) is 0 Å². The highest BCUT2D eigenvalue weighted by molar-refractivity contribution is 6.32. The predicted octanol–water partition coefficient (Wildman–Crippen LogP) is 2.06. The van der Waals surface area contributed by atoms with Crippen LogP contribution in [0.4, 0.5) is 0 Å². The predicted molar refractivity (Wildman–Crippen MR) is 49.9 cm³/mol. The number of ketones is 1. The van der Waals surface area contributed by atoms with Gasteiger partial charge in [0.1, 0.15) is 0 Å². The van der Waals surface area contributed by atoms with E-state index in [-0.39, 0.29) is 5.78 Å². The van der Waals surface area contributed by atoms with Crippen LogP contribution in [0, 0.1) is 5.92 Å². The third-order valence-corrected chi connectivity index (χ3v) is 2.53. The Hall–Kier alpha value is -0.830. The molecule has 0 aromatic carbocycles. The van der Waals surface area contributed by atoms with E-state index in [1.54, 1.807) is 17.9 Å². The molecule has 0 aliphatic heterocycles. The average Bonchev–Trinajstić information content (AvgIpc) is 2.77. The summed E-state index contributed by atoms with van der Waals surface area (Å²) in [5.41, 5.74) is 0.566. The van der Waals surface area contributed by atoms with Gasteiger partial charge in [0.2, 0.25) is 0 Å². The first-order valence-corrected chi connectivity index (χ1v) is 4.77. The largest absolute Gasteiger partial charge is 0.294 e. The van der Waals surface area contributed by atoms with Crippen LogP contribution in [0.3, 0.4) is 0 Å². The van der Waals surface area contributed by atoms with Gasteiger partial charge < -0.3 is 0 Å². The summed E-state index contributed by atoms with van der Waals surface area (Å²) in [6.07, 6.45) is 4.69. The van der Waals surface area contributed by atoms with Crippen molar-refractivity contribution in [2.45, 2.75) is 19.3 Å². The van der Waals surface area contributed by atoms with Crippen LogP contribution < -0.4 is 0 Å². The van der Waals surface area contributed by atoms with Crippen molar-refractivity contribution in [2.75, 3.05) is 0 Å². The minimum absolute atomic E-state index is 0.126. The quantitative estimate of drug-likeness (QED) is 0.697. The Kier molecular flexibility index (Phi) is 2.12. The summed E-state index contributed by atoms with van der Waals surface area (Å²) in [5.74, 6) is 0.726. The minimum atomic E-state index is 0.126. The van der Waals surface area contributed by atoms with Gasteiger partial charge in [-0.2, -0.15) is 5.10 Å². The number of hydrogen-bond donors (Lipinski definition) is 0. The topological polar surface area (TPSA) is 34.9 Å². The summed E-state index contributed by atoms with van der Waals surface area (Å²) in [6.45, 7) is 0. The van der Waals surface area contributed by atoms with Crippen LogP contribution in [0.25, 0.3) is 0 Å². The molecule has 70 valence electrons. The number of halogens is 1. The summed E-state index contributed by atoms with van der Waals surface area (Å²) in [4.78, 5) is 11.6. The lowest BCUT2D eigenvalue weighted by Gasteiger charge is -1.94. The molecular formula is C9H11ClN2O. The molecule has 2 rings (SSSR count). The Morgan fingerprint density at radius 2 is 2.46 bits per heavy atom. The molecule has 0 atom stereocenters.